The fourth-order valence-corrected chi connectivity index (χ4v) is 1.35. The predicted molar refractivity (Wildman–Crippen MR) is 54.7 cm³/mol. The molecule has 1 unspecified atom stereocenters. The highest BCUT2D eigenvalue weighted by Crippen LogP contribution is 2.18. The molecule has 0 aliphatic carbocycles. The van der Waals surface area contributed by atoms with Gasteiger partial charge in [-0.25, -0.2) is 0 Å². The van der Waals surface area contributed by atoms with E-state index in [1.54, 1.807) is 6.07 Å². The molecule has 0 aromatic heterocycles. The minimum atomic E-state index is -4.98. The maximum absolute atomic E-state index is 10.9. The molecule has 0 bridgehead atoms. The summed E-state index contributed by atoms with van der Waals surface area (Å²) in [7, 11) is -4.98. The molecule has 1 amide bonds. The summed E-state index contributed by atoms with van der Waals surface area (Å²) in [4.78, 5) is 10.9. The predicted octanol–water partition coefficient (Wildman–Crippen LogP) is -0.949. The number of hydrogen-bond donors (Lipinski definition) is 3. The Morgan fingerprint density at radius 2 is 1.81 bits per heavy atom. The molecule has 88 valence electrons. The van der Waals surface area contributed by atoms with Crippen molar-refractivity contribution in [3.63, 3.8) is 0 Å². The molecular weight excluding hydrogens is 236 g/mol. The van der Waals surface area contributed by atoms with Crippen LogP contribution >= 0.6 is 0 Å². The van der Waals surface area contributed by atoms with E-state index >= 15 is 0 Å². The molecule has 0 saturated heterocycles. The van der Waals surface area contributed by atoms with Gasteiger partial charge in [0.1, 0.15) is 5.75 Å². The van der Waals surface area contributed by atoms with Crippen LogP contribution in [-0.2, 0) is 14.9 Å². The van der Waals surface area contributed by atoms with Crippen molar-refractivity contribution in [3.05, 3.63) is 30.3 Å². The van der Waals surface area contributed by atoms with E-state index < -0.39 is 21.1 Å². The fraction of sp³-hybridized carbons (Fsp3) is 0.125. The van der Waals surface area contributed by atoms with Crippen molar-refractivity contribution in [2.75, 3.05) is 0 Å². The van der Waals surface area contributed by atoms with Crippen molar-refractivity contribution in [2.45, 2.75) is 5.06 Å². The van der Waals surface area contributed by atoms with Crippen LogP contribution < -0.4 is 16.2 Å². The van der Waals surface area contributed by atoms with Crippen molar-refractivity contribution in [3.8, 4) is 5.75 Å². The summed E-state index contributed by atoms with van der Waals surface area (Å²) in [5.74, 6) is -1.53. The third-order valence-corrected chi connectivity index (χ3v) is 2.79. The van der Waals surface area contributed by atoms with Crippen molar-refractivity contribution >= 4 is 16.0 Å². The second kappa shape index (κ2) is 4.08. The Morgan fingerprint density at radius 1 is 1.31 bits per heavy atom. The van der Waals surface area contributed by atoms with Gasteiger partial charge in [0.15, 0.2) is 0 Å². The molecule has 0 heterocycles. The standard InChI is InChI=1S/C8H10N2O5S/c9-7(11)8(10,16(12,13)14)15-6-4-2-1-3-5-6/h1-5H,10H2,(H2,9,11)(H,12,13,14). The molecule has 8 heteroatoms. The molecule has 0 spiro atoms. The average Bonchev–Trinajstić information content (AvgIpc) is 2.17. The number of carbonyl (C=O) groups excluding carboxylic acids is 1. The lowest BCUT2D eigenvalue weighted by Gasteiger charge is -2.23. The van der Waals surface area contributed by atoms with Crippen LogP contribution in [0.4, 0.5) is 0 Å². The lowest BCUT2D eigenvalue weighted by atomic mass is 10.3. The van der Waals surface area contributed by atoms with Crippen molar-refractivity contribution in [1.82, 2.24) is 0 Å². The quantitative estimate of drug-likeness (QED) is 0.463. The van der Waals surface area contributed by atoms with Crippen LogP contribution in [0.3, 0.4) is 0 Å². The Hall–Kier alpha value is -1.64. The largest absolute Gasteiger partial charge is 0.449 e. The van der Waals surface area contributed by atoms with Crippen LogP contribution in [0.25, 0.3) is 0 Å². The van der Waals surface area contributed by atoms with Crippen LogP contribution in [0.15, 0.2) is 30.3 Å². The summed E-state index contributed by atoms with van der Waals surface area (Å²) in [5.41, 5.74) is 9.89. The monoisotopic (exact) mass is 246 g/mol. The van der Waals surface area contributed by atoms with Gasteiger partial charge in [0.2, 0.25) is 0 Å². The highest BCUT2D eigenvalue weighted by atomic mass is 32.2. The number of rotatable bonds is 4. The number of hydrogen-bond acceptors (Lipinski definition) is 5. The Labute approximate surface area is 91.7 Å². The molecule has 1 aromatic rings. The number of amides is 1. The number of carbonyl (C=O) groups is 1. The minimum absolute atomic E-state index is 0.0126. The summed E-state index contributed by atoms with van der Waals surface area (Å²) in [5, 5.41) is -2.99. The van der Waals surface area contributed by atoms with E-state index in [0.29, 0.717) is 0 Å². The van der Waals surface area contributed by atoms with Crippen LogP contribution in [0.2, 0.25) is 0 Å². The average molecular weight is 246 g/mol. The second-order valence-corrected chi connectivity index (χ2v) is 4.48. The van der Waals surface area contributed by atoms with E-state index in [0.717, 1.165) is 0 Å². The van der Waals surface area contributed by atoms with E-state index in [1.807, 2.05) is 0 Å². The molecule has 1 aromatic carbocycles. The number of ether oxygens (including phenoxy) is 1. The molecule has 7 nitrogen and oxygen atoms in total. The Kier molecular flexibility index (Phi) is 3.17. The lowest BCUT2D eigenvalue weighted by molar-refractivity contribution is -0.127. The highest BCUT2D eigenvalue weighted by Gasteiger charge is 2.48. The lowest BCUT2D eigenvalue weighted by Crippen LogP contribution is -2.62. The fourth-order valence-electron chi connectivity index (χ4n) is 0.894. The Balaban J connectivity index is 3.13. The van der Waals surface area contributed by atoms with Gasteiger partial charge in [0.05, 0.1) is 0 Å². The van der Waals surface area contributed by atoms with E-state index in [2.05, 4.69) is 0 Å². The van der Waals surface area contributed by atoms with E-state index in [-0.39, 0.29) is 5.75 Å². The molecule has 16 heavy (non-hydrogen) atoms. The third-order valence-electron chi connectivity index (χ3n) is 1.74. The highest BCUT2D eigenvalue weighted by molar-refractivity contribution is 7.87. The Bertz CT molecular complexity index is 486. The summed E-state index contributed by atoms with van der Waals surface area (Å²) in [6.45, 7) is 0. The zero-order valence-corrected chi connectivity index (χ0v) is 8.85. The molecule has 1 rings (SSSR count). The van der Waals surface area contributed by atoms with Crippen molar-refractivity contribution < 1.29 is 22.5 Å². The van der Waals surface area contributed by atoms with Gasteiger partial charge in [-0.15, -0.1) is 0 Å². The van der Waals surface area contributed by atoms with E-state index in [1.165, 1.54) is 24.3 Å². The summed E-state index contributed by atoms with van der Waals surface area (Å²) in [6.07, 6.45) is 0. The van der Waals surface area contributed by atoms with Gasteiger partial charge in [0.25, 0.3) is 5.91 Å². The van der Waals surface area contributed by atoms with Gasteiger partial charge in [0, 0.05) is 0 Å². The summed E-state index contributed by atoms with van der Waals surface area (Å²) < 4.78 is 35.3. The molecular formula is C8H10N2O5S. The third kappa shape index (κ3) is 2.30. The number of primary amides is 1. The first-order chi connectivity index (χ1) is 7.27. The van der Waals surface area contributed by atoms with E-state index in [9.17, 15) is 13.2 Å². The van der Waals surface area contributed by atoms with Gasteiger partial charge in [-0.2, -0.15) is 8.42 Å². The maximum atomic E-state index is 10.9. The zero-order valence-electron chi connectivity index (χ0n) is 8.03. The number of nitrogens with two attached hydrogens (primary N) is 2. The molecule has 0 radical (unpaired) electrons. The molecule has 0 aliphatic rings. The Morgan fingerprint density at radius 3 is 2.19 bits per heavy atom. The number of para-hydroxylation sites is 1. The van der Waals surface area contributed by atoms with E-state index in [4.69, 9.17) is 20.8 Å². The van der Waals surface area contributed by atoms with Gasteiger partial charge in [-0.05, 0) is 12.1 Å². The van der Waals surface area contributed by atoms with Gasteiger partial charge >= 0.3 is 15.2 Å². The van der Waals surface area contributed by atoms with Crippen LogP contribution in [0, 0.1) is 0 Å². The van der Waals surface area contributed by atoms with Crippen LogP contribution in [-0.4, -0.2) is 23.9 Å². The minimum Gasteiger partial charge on any atom is -0.449 e. The SMILES string of the molecule is NC(=O)C(N)(Oc1ccccc1)S(=O)(=O)O. The second-order valence-electron chi connectivity index (χ2n) is 2.92. The molecule has 0 aliphatic heterocycles. The zero-order chi connectivity index (χ0) is 12.4. The van der Waals surface area contributed by atoms with Crippen molar-refractivity contribution in [1.29, 1.82) is 0 Å². The van der Waals surface area contributed by atoms with Gasteiger partial charge in [-0.1, -0.05) is 18.2 Å². The van der Waals surface area contributed by atoms with Crippen LogP contribution in [0.5, 0.6) is 5.75 Å². The smallest absolute Gasteiger partial charge is 0.366 e. The van der Waals surface area contributed by atoms with Gasteiger partial charge < -0.3 is 10.5 Å². The molecule has 0 saturated carbocycles. The first-order valence-electron chi connectivity index (χ1n) is 4.07. The molecule has 0 fully saturated rings. The first kappa shape index (κ1) is 12.4. The van der Waals surface area contributed by atoms with Crippen LogP contribution in [0.1, 0.15) is 0 Å². The first-order valence-corrected chi connectivity index (χ1v) is 5.51. The maximum Gasteiger partial charge on any atom is 0.366 e. The molecule has 1 atom stereocenters. The number of benzene rings is 1. The normalized spacial score (nSPS) is 15.1. The van der Waals surface area contributed by atoms with Crippen molar-refractivity contribution in [2.24, 2.45) is 11.5 Å². The molecule has 5 N–H and O–H groups in total. The summed E-state index contributed by atoms with van der Waals surface area (Å²) >= 11 is 0. The van der Waals surface area contributed by atoms with Gasteiger partial charge in [-0.3, -0.25) is 15.1 Å². The topological polar surface area (TPSA) is 133 Å². The summed E-state index contributed by atoms with van der Waals surface area (Å²) in [6, 6.07) is 7.41.